The lowest BCUT2D eigenvalue weighted by Crippen LogP contribution is -2.65. The Kier molecular flexibility index (Phi) is 20.4. The summed E-state index contributed by atoms with van der Waals surface area (Å²) < 4.78 is 66.3. The zero-order chi connectivity index (χ0) is 33.8. The van der Waals surface area contributed by atoms with Crippen molar-refractivity contribution in [3.05, 3.63) is 0 Å². The first-order valence-electron chi connectivity index (χ1n) is 15.4. The fourth-order valence-electron chi connectivity index (χ4n) is 3.68. The van der Waals surface area contributed by atoms with Gasteiger partial charge in [0.1, 0.15) is 0 Å². The maximum Gasteiger partial charge on any atom is 0.677 e. The van der Waals surface area contributed by atoms with Gasteiger partial charge in [0.2, 0.25) is 0 Å². The fraction of sp³-hybridized carbons (Fsp3) is 1.00. The standard InChI is InChI=1S/C12H29O7Si2.C11H25O5Si.C3H7O.Al/c1-9(2)15-20(13,16-10(3)4)19-21(14,17-11(5)6)18-12(7)8;1-8(2)14-17(13,15-9(3)4)16-11(6)7-10(5)12;1-3(2)4;/h9-13H,1-8H3;8-11,13H,7H2,1-6H3;3H,1-2H3;/q3*-1;+2. The monoisotopic (exact) mass is 692 g/mol. The second-order valence-electron chi connectivity index (χ2n) is 12.4. The van der Waals surface area contributed by atoms with Crippen LogP contribution >= 0.6 is 0 Å². The average molecular weight is 693 g/mol. The zero-order valence-corrected chi connectivity index (χ0v) is 33.5. The first-order chi connectivity index (χ1) is 19.5. The molecule has 0 aromatic rings. The summed E-state index contributed by atoms with van der Waals surface area (Å²) in [6, 6.07) is 0. The Bertz CT molecular complexity index is 717. The molecule has 0 aliphatic rings. The highest BCUT2D eigenvalue weighted by Gasteiger charge is 2.58. The molecule has 2 unspecified atom stereocenters. The zero-order valence-electron chi connectivity index (χ0n) is 29.4. The van der Waals surface area contributed by atoms with Crippen LogP contribution in [0.15, 0.2) is 0 Å². The highest BCUT2D eigenvalue weighted by Crippen LogP contribution is 2.26. The first kappa shape index (κ1) is 43.7. The molecule has 13 nitrogen and oxygen atoms in total. The van der Waals surface area contributed by atoms with E-state index in [-0.39, 0.29) is 18.3 Å². The van der Waals surface area contributed by atoms with Gasteiger partial charge in [-0.3, -0.25) is 0 Å². The van der Waals surface area contributed by atoms with Gasteiger partial charge in [-0.25, -0.2) is 0 Å². The molecule has 0 aromatic carbocycles. The van der Waals surface area contributed by atoms with Gasteiger partial charge in [0.15, 0.2) is 0 Å². The second-order valence-corrected chi connectivity index (χ2v) is 20.0. The van der Waals surface area contributed by atoms with E-state index in [1.807, 2.05) is 20.8 Å². The molecule has 0 aliphatic carbocycles. The largest absolute Gasteiger partial charge is 0.677 e. The summed E-state index contributed by atoms with van der Waals surface area (Å²) in [4.78, 5) is 22.5. The Labute approximate surface area is 269 Å². The number of rotatable bonds is 24. The van der Waals surface area contributed by atoms with E-state index in [1.54, 1.807) is 90.0 Å². The topological polar surface area (TPSA) is 142 Å². The van der Waals surface area contributed by atoms with Crippen LogP contribution < -0.4 is 0 Å². The molecule has 0 bridgehead atoms. The quantitative estimate of drug-likeness (QED) is 0.138. The van der Waals surface area contributed by atoms with Gasteiger partial charge in [-0.05, 0) is 129 Å². The van der Waals surface area contributed by atoms with Crippen LogP contribution in [-0.2, 0) is 46.2 Å². The minimum atomic E-state index is -4.34. The van der Waals surface area contributed by atoms with Gasteiger partial charge in [0.05, 0.1) is 6.10 Å². The van der Waals surface area contributed by atoms with Gasteiger partial charge in [-0.2, -0.15) is 0 Å². The third-order valence-corrected chi connectivity index (χ3v) is 15.2. The molecule has 0 saturated heterocycles. The van der Waals surface area contributed by atoms with E-state index < -0.39 is 78.9 Å². The summed E-state index contributed by atoms with van der Waals surface area (Å²) in [6.07, 6.45) is -3.11. The van der Waals surface area contributed by atoms with Crippen molar-refractivity contribution < 1.29 is 55.7 Å². The summed E-state index contributed by atoms with van der Waals surface area (Å²) in [7, 11) is -12.5. The van der Waals surface area contributed by atoms with Gasteiger partial charge in [0.25, 0.3) is 0 Å². The lowest BCUT2D eigenvalue weighted by molar-refractivity contribution is -0.0796. The number of hydrogen-bond acceptors (Lipinski definition) is 13. The molecule has 0 spiro atoms. The van der Waals surface area contributed by atoms with E-state index in [1.165, 1.54) is 0 Å². The molecule has 0 saturated carbocycles. The highest BCUT2D eigenvalue weighted by molar-refractivity contribution is 6.71. The van der Waals surface area contributed by atoms with Crippen LogP contribution in [0.4, 0.5) is 0 Å². The van der Waals surface area contributed by atoms with Crippen LogP contribution in [0, 0.1) is 0 Å². The van der Waals surface area contributed by atoms with E-state index in [0.29, 0.717) is 6.42 Å². The molecule has 1 radical (unpaired) electrons. The Hall–Kier alpha value is 0.663. The van der Waals surface area contributed by atoms with Crippen molar-refractivity contribution in [3.8, 4) is 0 Å². The maximum atomic E-state index is 11.5. The van der Waals surface area contributed by atoms with E-state index in [4.69, 9.17) is 46.2 Å². The van der Waals surface area contributed by atoms with E-state index >= 15 is 0 Å². The van der Waals surface area contributed by atoms with Crippen molar-refractivity contribution in [3.63, 3.8) is 0 Å². The van der Waals surface area contributed by atoms with E-state index in [0.717, 1.165) is 0 Å². The van der Waals surface area contributed by atoms with Gasteiger partial charge in [-0.1, -0.05) is 0 Å². The van der Waals surface area contributed by atoms with Gasteiger partial charge < -0.3 is 55.7 Å². The number of hydrogen-bond donors (Lipinski definition) is 2. The average Bonchev–Trinajstić information content (AvgIpc) is 2.67. The highest BCUT2D eigenvalue weighted by atomic mass is 28.5. The molecule has 259 valence electrons. The van der Waals surface area contributed by atoms with Gasteiger partial charge in [-0.15, -0.1) is 0 Å². The fourth-order valence-corrected chi connectivity index (χ4v) is 13.6. The van der Waals surface area contributed by atoms with Crippen molar-refractivity contribution in [2.45, 2.75) is 172 Å². The maximum absolute atomic E-state index is 11.5. The Balaban J connectivity index is 6.20. The molecule has 0 heterocycles. The summed E-state index contributed by atoms with van der Waals surface area (Å²) in [6.45, 7) is 28.8. The summed E-state index contributed by atoms with van der Waals surface area (Å²) in [5, 5.41) is 0. The summed E-state index contributed by atoms with van der Waals surface area (Å²) in [5.74, 6) is 0. The van der Waals surface area contributed by atoms with E-state index in [9.17, 15) is 9.59 Å². The van der Waals surface area contributed by atoms with Crippen LogP contribution in [0.5, 0.6) is 0 Å². The predicted molar refractivity (Wildman–Crippen MR) is 169 cm³/mol. The van der Waals surface area contributed by atoms with Crippen molar-refractivity contribution >= 4 is 42.3 Å². The molecule has 0 rings (SSSR count). The van der Waals surface area contributed by atoms with Gasteiger partial charge >= 0.3 is 42.3 Å². The molecule has 0 aromatic heterocycles. The lowest BCUT2D eigenvalue weighted by Gasteiger charge is -2.44. The molecule has 2 atom stereocenters. The summed E-state index contributed by atoms with van der Waals surface area (Å²) >= 11 is -3.09. The molecule has 43 heavy (non-hydrogen) atoms. The van der Waals surface area contributed by atoms with Crippen LogP contribution in [0.1, 0.15) is 117 Å². The van der Waals surface area contributed by atoms with Crippen LogP contribution in [-0.4, -0.2) is 107 Å². The molecular formula is C26H61AlO13Si3-. The summed E-state index contributed by atoms with van der Waals surface area (Å²) in [5.41, 5.74) is 0. The molecule has 0 amide bonds. The molecule has 0 aliphatic heterocycles. The third kappa shape index (κ3) is 20.5. The normalized spacial score (nSPS) is 15.5. The smallest absolute Gasteiger partial charge is 0.632 e. The molecule has 17 heteroatoms. The molecule has 2 N–H and O–H groups in total. The van der Waals surface area contributed by atoms with Crippen molar-refractivity contribution in [1.29, 1.82) is 0 Å². The van der Waals surface area contributed by atoms with Crippen LogP contribution in [0.25, 0.3) is 0 Å². The minimum absolute atomic E-state index is 0.270. The Morgan fingerprint density at radius 1 is 0.442 bits per heavy atom. The molecule has 0 fully saturated rings. The first-order valence-corrected chi connectivity index (χ1v) is 21.8. The predicted octanol–water partition coefficient (Wildman–Crippen LogP) is 4.47. The SMILES string of the molecule is CC(C)[O][Al-]([O]C(C)CC(C)O[Si](O)(OC(C)C)OC(C)C)[O][Si](OC(C)C)(OC(C)C)O[Si](O)(OC(C)C)OC(C)C. The second kappa shape index (κ2) is 20.1. The molecular weight excluding hydrogens is 632 g/mol. The van der Waals surface area contributed by atoms with Gasteiger partial charge in [0, 0.05) is 36.6 Å². The van der Waals surface area contributed by atoms with Crippen LogP contribution in [0.3, 0.4) is 0 Å². The van der Waals surface area contributed by atoms with E-state index in [2.05, 4.69) is 0 Å². The lowest BCUT2D eigenvalue weighted by atomic mass is 10.2. The Morgan fingerprint density at radius 3 is 1.16 bits per heavy atom. The van der Waals surface area contributed by atoms with Crippen molar-refractivity contribution in [2.75, 3.05) is 0 Å². The van der Waals surface area contributed by atoms with Crippen molar-refractivity contribution in [2.24, 2.45) is 0 Å². The third-order valence-electron chi connectivity index (χ3n) is 4.53. The minimum Gasteiger partial charge on any atom is -0.632 e. The van der Waals surface area contributed by atoms with Crippen LogP contribution in [0.2, 0.25) is 0 Å². The Morgan fingerprint density at radius 2 is 0.814 bits per heavy atom. The van der Waals surface area contributed by atoms with Crippen molar-refractivity contribution in [1.82, 2.24) is 0 Å².